The lowest BCUT2D eigenvalue weighted by Gasteiger charge is -2.22. The third-order valence-corrected chi connectivity index (χ3v) is 3.35. The highest BCUT2D eigenvalue weighted by Gasteiger charge is 2.31. The quantitative estimate of drug-likeness (QED) is 0.792. The molecule has 1 aromatic rings. The van der Waals surface area contributed by atoms with Crippen LogP contribution in [-0.2, 0) is 0 Å². The van der Waals surface area contributed by atoms with Crippen molar-refractivity contribution in [3.8, 4) is 0 Å². The van der Waals surface area contributed by atoms with Crippen molar-refractivity contribution in [3.63, 3.8) is 0 Å². The van der Waals surface area contributed by atoms with Gasteiger partial charge in [-0.2, -0.15) is 0 Å². The second-order valence-corrected chi connectivity index (χ2v) is 5.74. The molecule has 2 N–H and O–H groups in total. The Morgan fingerprint density at radius 1 is 1.29 bits per heavy atom. The van der Waals surface area contributed by atoms with E-state index in [4.69, 9.17) is 0 Å². The maximum absolute atomic E-state index is 9.72. The fraction of sp³-hybridized carbons (Fsp3) is 0.600. The van der Waals surface area contributed by atoms with Gasteiger partial charge in [-0.1, -0.05) is 30.3 Å². The smallest absolute Gasteiger partial charge is 0.0603 e. The van der Waals surface area contributed by atoms with Gasteiger partial charge in [0.2, 0.25) is 0 Å². The third-order valence-electron chi connectivity index (χ3n) is 3.35. The Morgan fingerprint density at radius 2 is 1.94 bits per heavy atom. The lowest BCUT2D eigenvalue weighted by atomic mass is 10.0. The molecule has 1 saturated carbocycles. The Bertz CT molecular complexity index is 338. The van der Waals surface area contributed by atoms with Crippen molar-refractivity contribution in [2.45, 2.75) is 44.8 Å². The molecule has 0 bridgehead atoms. The van der Waals surface area contributed by atoms with E-state index >= 15 is 0 Å². The van der Waals surface area contributed by atoms with Gasteiger partial charge in [-0.3, -0.25) is 0 Å². The molecule has 1 aliphatic carbocycles. The highest BCUT2D eigenvalue weighted by Crippen LogP contribution is 2.40. The van der Waals surface area contributed by atoms with Crippen molar-refractivity contribution in [3.05, 3.63) is 35.9 Å². The zero-order valence-electron chi connectivity index (χ0n) is 10.8. The van der Waals surface area contributed by atoms with Crippen LogP contribution in [-0.4, -0.2) is 17.3 Å². The van der Waals surface area contributed by atoms with Crippen LogP contribution >= 0.6 is 0 Å². The molecular formula is C15H23NO. The van der Waals surface area contributed by atoms with Crippen molar-refractivity contribution in [1.29, 1.82) is 0 Å². The van der Waals surface area contributed by atoms with Crippen molar-refractivity contribution in [2.24, 2.45) is 5.92 Å². The highest BCUT2D eigenvalue weighted by atomic mass is 16.3. The first-order chi connectivity index (χ1) is 8.06. The van der Waals surface area contributed by atoms with Crippen LogP contribution in [0, 0.1) is 5.92 Å². The lowest BCUT2D eigenvalue weighted by Crippen LogP contribution is -2.30. The van der Waals surface area contributed by atoms with E-state index in [1.807, 2.05) is 13.8 Å². The van der Waals surface area contributed by atoms with Crippen LogP contribution in [0.2, 0.25) is 0 Å². The van der Waals surface area contributed by atoms with E-state index in [0.717, 1.165) is 18.9 Å². The Labute approximate surface area is 104 Å². The molecule has 0 spiro atoms. The molecule has 17 heavy (non-hydrogen) atoms. The van der Waals surface area contributed by atoms with Crippen molar-refractivity contribution in [1.82, 2.24) is 5.32 Å². The summed E-state index contributed by atoms with van der Waals surface area (Å²) in [6.07, 6.45) is 3.45. The van der Waals surface area contributed by atoms with Gasteiger partial charge in [0, 0.05) is 6.04 Å². The van der Waals surface area contributed by atoms with E-state index in [1.165, 1.54) is 18.4 Å². The van der Waals surface area contributed by atoms with Crippen molar-refractivity contribution in [2.75, 3.05) is 6.54 Å². The van der Waals surface area contributed by atoms with Gasteiger partial charge in [0.05, 0.1) is 5.60 Å². The Kier molecular flexibility index (Phi) is 3.85. The maximum Gasteiger partial charge on any atom is 0.0603 e. The summed E-state index contributed by atoms with van der Waals surface area (Å²) < 4.78 is 0. The summed E-state index contributed by atoms with van der Waals surface area (Å²) in [5.41, 5.74) is 0.809. The predicted octanol–water partition coefficient (Wildman–Crippen LogP) is 2.89. The Balaban J connectivity index is 1.90. The van der Waals surface area contributed by atoms with E-state index in [1.54, 1.807) is 0 Å². The zero-order chi connectivity index (χ0) is 12.3. The minimum absolute atomic E-state index is 0.471. The number of benzene rings is 1. The lowest BCUT2D eigenvalue weighted by molar-refractivity contribution is 0.0701. The molecule has 94 valence electrons. The molecule has 1 unspecified atom stereocenters. The molecule has 1 fully saturated rings. The molecule has 1 atom stereocenters. The van der Waals surface area contributed by atoms with Crippen LogP contribution in [0.25, 0.3) is 0 Å². The van der Waals surface area contributed by atoms with Gasteiger partial charge in [0.15, 0.2) is 0 Å². The summed E-state index contributed by atoms with van der Waals surface area (Å²) >= 11 is 0. The molecule has 2 heteroatoms. The van der Waals surface area contributed by atoms with Gasteiger partial charge in [-0.15, -0.1) is 0 Å². The van der Waals surface area contributed by atoms with E-state index < -0.39 is 5.60 Å². The van der Waals surface area contributed by atoms with Crippen LogP contribution in [0.5, 0.6) is 0 Å². The van der Waals surface area contributed by atoms with Crippen molar-refractivity contribution >= 4 is 0 Å². The van der Waals surface area contributed by atoms with E-state index in [2.05, 4.69) is 35.6 Å². The largest absolute Gasteiger partial charge is 0.390 e. The molecule has 0 aromatic heterocycles. The molecule has 0 heterocycles. The number of rotatable bonds is 6. The van der Waals surface area contributed by atoms with E-state index in [9.17, 15) is 5.11 Å². The van der Waals surface area contributed by atoms with Crippen LogP contribution in [0.1, 0.15) is 44.7 Å². The molecule has 2 nitrogen and oxygen atoms in total. The second-order valence-electron chi connectivity index (χ2n) is 5.74. The van der Waals surface area contributed by atoms with E-state index in [0.29, 0.717) is 6.04 Å². The number of hydrogen-bond acceptors (Lipinski definition) is 2. The fourth-order valence-corrected chi connectivity index (χ4v) is 2.18. The van der Waals surface area contributed by atoms with Gasteiger partial charge in [-0.05, 0) is 51.1 Å². The molecular weight excluding hydrogens is 210 g/mol. The first-order valence-electron chi connectivity index (χ1n) is 6.57. The van der Waals surface area contributed by atoms with Gasteiger partial charge >= 0.3 is 0 Å². The van der Waals surface area contributed by atoms with Gasteiger partial charge in [0.1, 0.15) is 0 Å². The van der Waals surface area contributed by atoms with Crippen LogP contribution in [0.15, 0.2) is 30.3 Å². The average molecular weight is 233 g/mol. The summed E-state index contributed by atoms with van der Waals surface area (Å²) in [7, 11) is 0. The van der Waals surface area contributed by atoms with Crippen LogP contribution in [0.4, 0.5) is 0 Å². The third kappa shape index (κ3) is 4.14. The minimum Gasteiger partial charge on any atom is -0.390 e. The van der Waals surface area contributed by atoms with Gasteiger partial charge in [0.25, 0.3) is 0 Å². The normalized spacial score (nSPS) is 18.1. The highest BCUT2D eigenvalue weighted by molar-refractivity contribution is 5.21. The molecule has 1 aliphatic rings. The number of aliphatic hydroxyl groups is 1. The molecule has 0 amide bonds. The van der Waals surface area contributed by atoms with Crippen LogP contribution in [0.3, 0.4) is 0 Å². The van der Waals surface area contributed by atoms with E-state index in [-0.39, 0.29) is 0 Å². The maximum atomic E-state index is 9.72. The summed E-state index contributed by atoms with van der Waals surface area (Å²) in [6, 6.07) is 11.1. The average Bonchev–Trinajstić information content (AvgIpc) is 3.08. The standard InChI is InChI=1S/C15H23NO/c1-15(2,17)10-11-16-14(13-8-9-13)12-6-4-3-5-7-12/h3-7,13-14,16-17H,8-11H2,1-2H3. The Morgan fingerprint density at radius 3 is 2.47 bits per heavy atom. The summed E-state index contributed by atoms with van der Waals surface area (Å²) in [6.45, 7) is 4.60. The van der Waals surface area contributed by atoms with Crippen molar-refractivity contribution < 1.29 is 5.11 Å². The SMILES string of the molecule is CC(C)(O)CCNC(c1ccccc1)C1CC1. The monoisotopic (exact) mass is 233 g/mol. The zero-order valence-corrected chi connectivity index (χ0v) is 10.8. The predicted molar refractivity (Wildman–Crippen MR) is 70.8 cm³/mol. The first kappa shape index (κ1) is 12.6. The van der Waals surface area contributed by atoms with Gasteiger partial charge in [-0.25, -0.2) is 0 Å². The first-order valence-corrected chi connectivity index (χ1v) is 6.57. The van der Waals surface area contributed by atoms with Crippen LogP contribution < -0.4 is 5.32 Å². The second kappa shape index (κ2) is 5.19. The molecule has 0 aliphatic heterocycles. The number of hydrogen-bond donors (Lipinski definition) is 2. The van der Waals surface area contributed by atoms with Gasteiger partial charge < -0.3 is 10.4 Å². The summed E-state index contributed by atoms with van der Waals surface area (Å²) in [4.78, 5) is 0. The fourth-order valence-electron chi connectivity index (χ4n) is 2.18. The minimum atomic E-state index is -0.572. The Hall–Kier alpha value is -0.860. The molecule has 0 saturated heterocycles. The summed E-state index contributed by atoms with van der Waals surface area (Å²) in [5, 5.41) is 13.3. The molecule has 1 aromatic carbocycles. The topological polar surface area (TPSA) is 32.3 Å². The summed E-state index contributed by atoms with van der Waals surface area (Å²) in [5.74, 6) is 0.791. The molecule has 2 rings (SSSR count). The number of nitrogens with one attached hydrogen (secondary N) is 1. The molecule has 0 radical (unpaired) electrons.